The minimum absolute atomic E-state index is 0. The zero-order valence-corrected chi connectivity index (χ0v) is 7.08. The van der Waals surface area contributed by atoms with Crippen molar-refractivity contribution in [1.82, 2.24) is 6.15 Å². The molecule has 15 heavy (non-hydrogen) atoms. The van der Waals surface area contributed by atoms with Crippen LogP contribution < -0.4 is 6.15 Å². The summed E-state index contributed by atoms with van der Waals surface area (Å²) in [6.45, 7) is 0. The second kappa shape index (κ2) is 19.0. The van der Waals surface area contributed by atoms with Crippen LogP contribution in [-0.2, 0) is 20.8 Å². The van der Waals surface area contributed by atoms with E-state index >= 15 is 0 Å². The van der Waals surface area contributed by atoms with Gasteiger partial charge >= 0.3 is 109 Å². The molecule has 9 N–H and O–H groups in total. The van der Waals surface area contributed by atoms with Gasteiger partial charge in [-0.15, -0.1) is 0 Å². The Balaban J connectivity index is -0.0000000128. The molecule has 0 spiro atoms. The van der Waals surface area contributed by atoms with Gasteiger partial charge in [-0.05, 0) is 0 Å². The van der Waals surface area contributed by atoms with E-state index in [4.69, 9.17) is 35.0 Å². The summed E-state index contributed by atoms with van der Waals surface area (Å²) in [4.78, 5) is 0. The minimum atomic E-state index is -4.67. The van der Waals surface area contributed by atoms with Crippen LogP contribution in [0.4, 0.5) is 0 Å². The number of hydrogen-bond donors (Lipinski definition) is 5. The molecular weight excluding hydrogens is 291 g/mol. The normalized spacial score (nSPS) is 7.73. The number of hydrogen-bond acceptors (Lipinski definition) is 5. The van der Waals surface area contributed by atoms with Gasteiger partial charge in [-0.3, -0.25) is 18.2 Å². The second-order valence-electron chi connectivity index (χ2n) is 0.896. The van der Waals surface area contributed by atoms with Gasteiger partial charge in [0.1, 0.15) is 0 Å². The molecule has 0 aliphatic rings. The van der Waals surface area contributed by atoms with Gasteiger partial charge in [-0.25, -0.2) is 0 Å². The summed E-state index contributed by atoms with van der Waals surface area (Å²) in [5, 5.41) is 0. The molecule has 0 fully saturated rings. The number of rotatable bonds is 0. The fourth-order valence-corrected chi connectivity index (χ4v) is 0. The first-order chi connectivity index (χ1) is 4.00. The van der Waals surface area contributed by atoms with Crippen molar-refractivity contribution >= 4 is 109 Å². The van der Waals surface area contributed by atoms with Gasteiger partial charge in [0.25, 0.3) is 0 Å². The maximum absolute atomic E-state index is 8.74. The Labute approximate surface area is 154 Å². The second-order valence-corrected chi connectivity index (χ2v) is 2.69. The first-order valence-electron chi connectivity index (χ1n) is 1.40. The van der Waals surface area contributed by atoms with Crippen LogP contribution in [0.5, 0.6) is 0 Å². The van der Waals surface area contributed by atoms with E-state index in [2.05, 4.69) is 0 Å². The Bertz CT molecular complexity index is 220. The van der Waals surface area contributed by atoms with Gasteiger partial charge in [0, 0.05) is 0 Å². The molecule has 0 rings (SSSR count). The van der Waals surface area contributed by atoms with E-state index in [-0.39, 0.29) is 100 Å². The molecule has 0 aromatic rings. The first-order valence-corrected chi connectivity index (χ1v) is 4.19. The molecular formula is H12NNa3O9S2. The zero-order valence-electron chi connectivity index (χ0n) is 5.45. The summed E-state index contributed by atoms with van der Waals surface area (Å²) in [6, 6.07) is 0. The molecule has 0 aromatic heterocycles. The molecule has 0 unspecified atom stereocenters. The SMILES string of the molecule is N.O.O=S(=O)(O)O.O=S(=O)(O)O.[NaH].[NaH].[NaH]. The molecule has 0 aliphatic carbocycles. The predicted molar refractivity (Wildman–Crippen MR) is 58.4 cm³/mol. The molecule has 0 aliphatic heterocycles. The van der Waals surface area contributed by atoms with E-state index in [0.29, 0.717) is 0 Å². The van der Waals surface area contributed by atoms with Crippen LogP contribution in [0.3, 0.4) is 0 Å². The van der Waals surface area contributed by atoms with Gasteiger partial charge in [-0.2, -0.15) is 16.8 Å². The van der Waals surface area contributed by atoms with Crippen molar-refractivity contribution in [3.8, 4) is 0 Å². The molecule has 0 saturated carbocycles. The molecule has 0 atom stereocenters. The fraction of sp³-hybridized carbons (Fsp3) is 0. The Kier molecular flexibility index (Phi) is 54.7. The molecule has 86 valence electrons. The van der Waals surface area contributed by atoms with Gasteiger partial charge in [0.2, 0.25) is 0 Å². The molecule has 0 heterocycles. The van der Waals surface area contributed by atoms with E-state index in [0.717, 1.165) is 0 Å². The molecule has 15 heteroatoms. The molecule has 0 radical (unpaired) electrons. The summed E-state index contributed by atoms with van der Waals surface area (Å²) >= 11 is 0. The van der Waals surface area contributed by atoms with Crippen LogP contribution in [0.2, 0.25) is 0 Å². The summed E-state index contributed by atoms with van der Waals surface area (Å²) in [5.74, 6) is 0. The van der Waals surface area contributed by atoms with E-state index < -0.39 is 20.8 Å². The van der Waals surface area contributed by atoms with Crippen molar-refractivity contribution in [3.63, 3.8) is 0 Å². The van der Waals surface area contributed by atoms with Crippen molar-refractivity contribution in [2.45, 2.75) is 0 Å². The Morgan fingerprint density at radius 2 is 0.600 bits per heavy atom. The summed E-state index contributed by atoms with van der Waals surface area (Å²) < 4.78 is 63.2. The first kappa shape index (κ1) is 43.1. The maximum atomic E-state index is 8.74. The fourth-order valence-electron chi connectivity index (χ4n) is 0. The van der Waals surface area contributed by atoms with Crippen molar-refractivity contribution in [3.05, 3.63) is 0 Å². The predicted octanol–water partition coefficient (Wildman–Crippen LogP) is -3.91. The van der Waals surface area contributed by atoms with E-state index in [9.17, 15) is 0 Å². The van der Waals surface area contributed by atoms with Crippen LogP contribution in [0.25, 0.3) is 0 Å². The average molecular weight is 303 g/mol. The quantitative estimate of drug-likeness (QED) is 0.218. The summed E-state index contributed by atoms with van der Waals surface area (Å²) in [5.41, 5.74) is 0. The Morgan fingerprint density at radius 1 is 0.600 bits per heavy atom. The third-order valence-corrected chi connectivity index (χ3v) is 0. The third kappa shape index (κ3) is 506. The van der Waals surface area contributed by atoms with Crippen molar-refractivity contribution in [2.75, 3.05) is 0 Å². The summed E-state index contributed by atoms with van der Waals surface area (Å²) in [7, 11) is -9.33. The van der Waals surface area contributed by atoms with Gasteiger partial charge in [0.15, 0.2) is 0 Å². The van der Waals surface area contributed by atoms with Crippen molar-refractivity contribution < 1.29 is 40.5 Å². The van der Waals surface area contributed by atoms with Crippen LogP contribution >= 0.6 is 0 Å². The molecule has 10 nitrogen and oxygen atoms in total. The van der Waals surface area contributed by atoms with Gasteiger partial charge in [0.05, 0.1) is 0 Å². The zero-order chi connectivity index (χ0) is 9.00. The van der Waals surface area contributed by atoms with Crippen molar-refractivity contribution in [1.29, 1.82) is 0 Å². The monoisotopic (exact) mass is 303 g/mol. The molecule has 0 bridgehead atoms. The molecule has 0 amide bonds. The van der Waals surface area contributed by atoms with Crippen LogP contribution in [-0.4, -0.2) is 129 Å². The molecule has 0 aromatic carbocycles. The third-order valence-electron chi connectivity index (χ3n) is 0. The average Bonchev–Trinajstić information content (AvgIpc) is 1.12. The van der Waals surface area contributed by atoms with E-state index in [1.807, 2.05) is 0 Å². The standard InChI is InChI=1S/H3N.3Na.2H2O4S.H2O.3H/c;;;;2*1-5(2,3)4;;;;/h1H3;;;;2*(H2,1,2,3,4);1H2;;;. The van der Waals surface area contributed by atoms with Crippen LogP contribution in [0.15, 0.2) is 0 Å². The van der Waals surface area contributed by atoms with E-state index in [1.165, 1.54) is 0 Å². The van der Waals surface area contributed by atoms with E-state index in [1.54, 1.807) is 0 Å². The van der Waals surface area contributed by atoms with Gasteiger partial charge in [-0.1, -0.05) is 0 Å². The topological polar surface area (TPSA) is 216 Å². The Hall–Kier alpha value is 2.66. The van der Waals surface area contributed by atoms with Crippen LogP contribution in [0.1, 0.15) is 0 Å². The molecule has 0 saturated heterocycles. The Morgan fingerprint density at radius 3 is 0.600 bits per heavy atom. The van der Waals surface area contributed by atoms with Crippen molar-refractivity contribution in [2.24, 2.45) is 0 Å². The van der Waals surface area contributed by atoms with Gasteiger partial charge < -0.3 is 11.6 Å². The summed E-state index contributed by atoms with van der Waals surface area (Å²) in [6.07, 6.45) is 0. The van der Waals surface area contributed by atoms with Crippen LogP contribution in [0, 0.1) is 0 Å².